The van der Waals surface area contributed by atoms with Gasteiger partial charge in [-0.3, -0.25) is 9.69 Å². The van der Waals surface area contributed by atoms with Gasteiger partial charge < -0.3 is 20.9 Å². The minimum Gasteiger partial charge on any atom is -0.369 e. The predicted octanol–water partition coefficient (Wildman–Crippen LogP) is 3.11. The van der Waals surface area contributed by atoms with Gasteiger partial charge in [-0.05, 0) is 37.1 Å². The molecule has 6 heteroatoms. The molecule has 1 amide bonds. The molecule has 5 rings (SSSR count). The standard InChI is InChI=1S/C24H31N5O/c25-24(30)19-9-6-10-20-23(19)29(17-26-20)22-12-5-4-11-21(22)28-15-13-27(14-16-28)18-7-2-1-3-8-18/h1-3,6-10,21-22,26H,4-5,11-17H2,(H2,25,30). The van der Waals surface area contributed by atoms with Crippen LogP contribution in [0.2, 0.25) is 0 Å². The van der Waals surface area contributed by atoms with Crippen LogP contribution in [0.5, 0.6) is 0 Å². The number of primary amides is 1. The second-order valence-electron chi connectivity index (χ2n) is 8.65. The molecule has 0 radical (unpaired) electrons. The van der Waals surface area contributed by atoms with Crippen molar-refractivity contribution in [2.24, 2.45) is 5.73 Å². The van der Waals surface area contributed by atoms with E-state index >= 15 is 0 Å². The zero-order valence-corrected chi connectivity index (χ0v) is 17.5. The number of para-hydroxylation sites is 2. The van der Waals surface area contributed by atoms with Crippen LogP contribution in [0.4, 0.5) is 17.1 Å². The lowest BCUT2D eigenvalue weighted by molar-refractivity contribution is 0.0999. The number of nitrogens with two attached hydrogens (primary N) is 1. The van der Waals surface area contributed by atoms with Crippen LogP contribution in [0.3, 0.4) is 0 Å². The fourth-order valence-corrected chi connectivity index (χ4v) is 5.56. The van der Waals surface area contributed by atoms with Gasteiger partial charge in [0.15, 0.2) is 0 Å². The van der Waals surface area contributed by atoms with Gasteiger partial charge in [0.1, 0.15) is 0 Å². The van der Waals surface area contributed by atoms with Gasteiger partial charge in [0.05, 0.1) is 23.6 Å². The maximum absolute atomic E-state index is 12.1. The summed E-state index contributed by atoms with van der Waals surface area (Å²) in [5, 5.41) is 3.49. The SMILES string of the molecule is NC(=O)c1cccc2c1N(C1CCCCC1N1CCN(c3ccccc3)CC1)CN2. The molecule has 2 heterocycles. The number of hydrogen-bond acceptors (Lipinski definition) is 5. The van der Waals surface area contributed by atoms with Gasteiger partial charge in [0.2, 0.25) is 0 Å². The zero-order valence-electron chi connectivity index (χ0n) is 17.5. The molecule has 158 valence electrons. The van der Waals surface area contributed by atoms with Crippen LogP contribution in [0, 0.1) is 0 Å². The van der Waals surface area contributed by atoms with Gasteiger partial charge in [-0.2, -0.15) is 0 Å². The Balaban J connectivity index is 1.34. The molecule has 2 atom stereocenters. The van der Waals surface area contributed by atoms with Crippen LogP contribution >= 0.6 is 0 Å². The van der Waals surface area contributed by atoms with Crippen molar-refractivity contribution in [3.05, 3.63) is 54.1 Å². The smallest absolute Gasteiger partial charge is 0.250 e. The summed E-state index contributed by atoms with van der Waals surface area (Å²) in [7, 11) is 0. The molecule has 2 aliphatic heterocycles. The minimum atomic E-state index is -0.343. The Hall–Kier alpha value is -2.73. The fourth-order valence-electron chi connectivity index (χ4n) is 5.56. The van der Waals surface area contributed by atoms with Gasteiger partial charge >= 0.3 is 0 Å². The van der Waals surface area contributed by atoms with Crippen molar-refractivity contribution in [3.63, 3.8) is 0 Å². The number of nitrogens with zero attached hydrogens (tertiary/aromatic N) is 3. The fraction of sp³-hybridized carbons (Fsp3) is 0.458. The number of carbonyl (C=O) groups excluding carboxylic acids is 1. The van der Waals surface area contributed by atoms with Gasteiger partial charge in [0.25, 0.3) is 5.91 Å². The van der Waals surface area contributed by atoms with E-state index in [0.717, 1.165) is 50.6 Å². The Morgan fingerprint density at radius 3 is 2.37 bits per heavy atom. The van der Waals surface area contributed by atoms with Gasteiger partial charge in [-0.15, -0.1) is 0 Å². The molecular formula is C24H31N5O. The van der Waals surface area contributed by atoms with E-state index in [1.165, 1.54) is 24.9 Å². The molecule has 2 fully saturated rings. The molecule has 0 bridgehead atoms. The number of amides is 1. The second-order valence-corrected chi connectivity index (χ2v) is 8.65. The summed E-state index contributed by atoms with van der Waals surface area (Å²) in [6.45, 7) is 5.05. The lowest BCUT2D eigenvalue weighted by atomic mass is 9.87. The number of rotatable bonds is 4. The average molecular weight is 406 g/mol. The van der Waals surface area contributed by atoms with Crippen molar-refractivity contribution in [1.82, 2.24) is 4.90 Å². The van der Waals surface area contributed by atoms with Gasteiger partial charge in [0, 0.05) is 44.0 Å². The molecule has 3 N–H and O–H groups in total. The maximum Gasteiger partial charge on any atom is 0.250 e. The number of fused-ring (bicyclic) bond motifs is 1. The third kappa shape index (κ3) is 3.49. The van der Waals surface area contributed by atoms with Crippen molar-refractivity contribution < 1.29 is 4.79 Å². The Bertz CT molecular complexity index is 894. The van der Waals surface area contributed by atoms with E-state index in [1.807, 2.05) is 12.1 Å². The number of piperazine rings is 1. The highest BCUT2D eigenvalue weighted by molar-refractivity contribution is 6.02. The molecule has 1 aliphatic carbocycles. The number of hydrogen-bond donors (Lipinski definition) is 2. The quantitative estimate of drug-likeness (QED) is 0.818. The third-order valence-corrected chi connectivity index (χ3v) is 7.03. The zero-order chi connectivity index (χ0) is 20.5. The van der Waals surface area contributed by atoms with Crippen LogP contribution in [-0.4, -0.2) is 55.7 Å². The van der Waals surface area contributed by atoms with E-state index < -0.39 is 0 Å². The number of nitrogens with one attached hydrogen (secondary N) is 1. The van der Waals surface area contributed by atoms with E-state index in [4.69, 9.17) is 5.73 Å². The van der Waals surface area contributed by atoms with Crippen LogP contribution in [-0.2, 0) is 0 Å². The summed E-state index contributed by atoms with van der Waals surface area (Å²) in [5.74, 6) is -0.343. The molecule has 0 spiro atoms. The van der Waals surface area contributed by atoms with Crippen LogP contribution in [0.25, 0.3) is 0 Å². The first-order valence-electron chi connectivity index (χ1n) is 11.2. The molecule has 6 nitrogen and oxygen atoms in total. The molecular weight excluding hydrogens is 374 g/mol. The Morgan fingerprint density at radius 1 is 0.900 bits per heavy atom. The highest BCUT2D eigenvalue weighted by atomic mass is 16.1. The summed E-state index contributed by atoms with van der Waals surface area (Å²) < 4.78 is 0. The van der Waals surface area contributed by atoms with Crippen molar-refractivity contribution in [3.8, 4) is 0 Å². The first kappa shape index (κ1) is 19.2. The predicted molar refractivity (Wildman–Crippen MR) is 122 cm³/mol. The van der Waals surface area contributed by atoms with Crippen LogP contribution in [0.15, 0.2) is 48.5 Å². The van der Waals surface area contributed by atoms with E-state index in [2.05, 4.69) is 56.4 Å². The maximum atomic E-state index is 12.1. The lowest BCUT2D eigenvalue weighted by Crippen LogP contribution is -2.58. The van der Waals surface area contributed by atoms with Crippen molar-refractivity contribution in [2.45, 2.75) is 37.8 Å². The Morgan fingerprint density at radius 2 is 1.63 bits per heavy atom. The summed E-state index contributed by atoms with van der Waals surface area (Å²) in [4.78, 5) is 19.7. The number of carbonyl (C=O) groups is 1. The van der Waals surface area contributed by atoms with Crippen LogP contribution in [0.1, 0.15) is 36.0 Å². The highest BCUT2D eigenvalue weighted by Crippen LogP contribution is 2.40. The first-order valence-corrected chi connectivity index (χ1v) is 11.2. The average Bonchev–Trinajstić information content (AvgIpc) is 3.24. The van der Waals surface area contributed by atoms with Crippen molar-refractivity contribution in [1.29, 1.82) is 0 Å². The summed E-state index contributed by atoms with van der Waals surface area (Å²) in [6, 6.07) is 17.5. The number of benzene rings is 2. The molecule has 0 aromatic heterocycles. The normalized spacial score (nSPS) is 24.4. The minimum absolute atomic E-state index is 0.343. The van der Waals surface area contributed by atoms with Gasteiger partial charge in [-0.1, -0.05) is 37.1 Å². The van der Waals surface area contributed by atoms with E-state index in [-0.39, 0.29) is 5.91 Å². The van der Waals surface area contributed by atoms with E-state index in [9.17, 15) is 4.79 Å². The Kier molecular flexibility index (Phi) is 5.25. The first-order chi connectivity index (χ1) is 14.7. The topological polar surface area (TPSA) is 64.8 Å². The highest BCUT2D eigenvalue weighted by Gasteiger charge is 2.39. The largest absolute Gasteiger partial charge is 0.369 e. The molecule has 30 heavy (non-hydrogen) atoms. The van der Waals surface area contributed by atoms with Crippen LogP contribution < -0.4 is 20.9 Å². The summed E-state index contributed by atoms with van der Waals surface area (Å²) in [6.07, 6.45) is 4.92. The summed E-state index contributed by atoms with van der Waals surface area (Å²) >= 11 is 0. The van der Waals surface area contributed by atoms with Crippen molar-refractivity contribution >= 4 is 23.0 Å². The molecule has 2 aromatic rings. The molecule has 2 aromatic carbocycles. The molecule has 1 saturated carbocycles. The summed E-state index contributed by atoms with van der Waals surface area (Å²) in [5.41, 5.74) is 9.71. The second kappa shape index (κ2) is 8.19. The van der Waals surface area contributed by atoms with E-state index in [1.54, 1.807) is 0 Å². The van der Waals surface area contributed by atoms with E-state index in [0.29, 0.717) is 17.6 Å². The molecule has 3 aliphatic rings. The molecule has 2 unspecified atom stereocenters. The third-order valence-electron chi connectivity index (χ3n) is 7.03. The van der Waals surface area contributed by atoms with Gasteiger partial charge in [-0.25, -0.2) is 0 Å². The Labute approximate surface area is 178 Å². The lowest BCUT2D eigenvalue weighted by Gasteiger charge is -2.47. The van der Waals surface area contributed by atoms with Crippen molar-refractivity contribution in [2.75, 3.05) is 48.0 Å². The molecule has 1 saturated heterocycles. The number of anilines is 3. The monoisotopic (exact) mass is 405 g/mol.